The molecule has 0 amide bonds. The van der Waals surface area contributed by atoms with Crippen molar-refractivity contribution < 1.29 is 14.6 Å². The van der Waals surface area contributed by atoms with Gasteiger partial charge in [-0.3, -0.25) is 14.3 Å². The molecular weight excluding hydrogens is 426 g/mol. The van der Waals surface area contributed by atoms with Crippen molar-refractivity contribution in [3.63, 3.8) is 0 Å². The Bertz CT molecular complexity index is 1240. The largest absolute Gasteiger partial charge is 0.494 e. The van der Waals surface area contributed by atoms with Gasteiger partial charge in [-0.25, -0.2) is 0 Å². The van der Waals surface area contributed by atoms with Crippen molar-refractivity contribution in [1.82, 2.24) is 14.9 Å². The number of ether oxygens (including phenoxy) is 2. The van der Waals surface area contributed by atoms with Crippen LogP contribution in [-0.4, -0.2) is 35.4 Å². The quantitative estimate of drug-likeness (QED) is 0.533. The lowest BCUT2D eigenvalue weighted by Gasteiger charge is -2.29. The zero-order valence-electron chi connectivity index (χ0n) is 16.4. The first-order chi connectivity index (χ1) is 14.4. The lowest BCUT2D eigenvalue weighted by atomic mass is 9.90. The van der Waals surface area contributed by atoms with E-state index in [1.54, 1.807) is 38.5 Å². The molecule has 9 heteroatoms. The zero-order valence-corrected chi connectivity index (χ0v) is 17.9. The fourth-order valence-corrected chi connectivity index (χ4v) is 4.26. The maximum absolute atomic E-state index is 12.9. The smallest absolute Gasteiger partial charge is 0.260 e. The van der Waals surface area contributed by atoms with E-state index in [1.807, 2.05) is 12.1 Å². The van der Waals surface area contributed by atoms with Crippen molar-refractivity contribution >= 4 is 23.8 Å². The van der Waals surface area contributed by atoms with Crippen LogP contribution in [0.5, 0.6) is 17.4 Å². The number of nitrogens with zero attached hydrogens (tertiary/aromatic N) is 1. The highest BCUT2D eigenvalue weighted by Crippen LogP contribution is 2.38. The summed E-state index contributed by atoms with van der Waals surface area (Å²) in [6.07, 6.45) is 0.748. The van der Waals surface area contributed by atoms with Crippen molar-refractivity contribution in [2.24, 2.45) is 0 Å². The van der Waals surface area contributed by atoms with Crippen LogP contribution in [0.4, 0.5) is 0 Å². The average molecular weight is 446 g/mol. The van der Waals surface area contributed by atoms with Gasteiger partial charge in [0.1, 0.15) is 0 Å². The van der Waals surface area contributed by atoms with Crippen LogP contribution in [0.2, 0.25) is 5.02 Å². The number of aromatic nitrogens is 2. The second kappa shape index (κ2) is 8.14. The number of rotatable bonds is 4. The standard InChI is InChI=1S/C21H20ClN3O4S/c1-28-15-8-11-6-7-23-18(14(11)10-16(15)29-2)17-19(26)24-21(30)25(20(17)27)13-5-3-4-12(22)9-13/h3-5,8-10,18,23,27H,6-7H2,1-2H3,(H,24,26,30)/t18-/m1/s1. The molecule has 0 saturated carbocycles. The lowest BCUT2D eigenvalue weighted by molar-refractivity contribution is 0.352. The molecule has 3 aromatic rings. The minimum atomic E-state index is -0.557. The Kier molecular flexibility index (Phi) is 5.55. The third kappa shape index (κ3) is 3.47. The van der Waals surface area contributed by atoms with Crippen LogP contribution in [0.1, 0.15) is 22.7 Å². The Morgan fingerprint density at radius 3 is 2.63 bits per heavy atom. The Morgan fingerprint density at radius 2 is 1.93 bits per heavy atom. The molecule has 0 fully saturated rings. The topological polar surface area (TPSA) is 88.5 Å². The normalized spacial score (nSPS) is 15.5. The highest BCUT2D eigenvalue weighted by Gasteiger charge is 2.30. The molecule has 2 aromatic carbocycles. The summed E-state index contributed by atoms with van der Waals surface area (Å²) in [5.74, 6) is 0.916. The Balaban J connectivity index is 1.94. The molecule has 7 nitrogen and oxygen atoms in total. The number of fused-ring (bicyclic) bond motifs is 1. The maximum atomic E-state index is 12.9. The first kappa shape index (κ1) is 20.5. The van der Waals surface area contributed by atoms with E-state index in [9.17, 15) is 9.90 Å². The van der Waals surface area contributed by atoms with Crippen LogP contribution in [0.15, 0.2) is 41.2 Å². The third-order valence-corrected chi connectivity index (χ3v) is 5.69. The van der Waals surface area contributed by atoms with Gasteiger partial charge < -0.3 is 19.9 Å². The number of hydrogen-bond acceptors (Lipinski definition) is 6. The van der Waals surface area contributed by atoms with Gasteiger partial charge in [-0.15, -0.1) is 0 Å². The van der Waals surface area contributed by atoms with Crippen LogP contribution in [0.25, 0.3) is 5.69 Å². The maximum Gasteiger partial charge on any atom is 0.260 e. The van der Waals surface area contributed by atoms with Gasteiger partial charge in [-0.05, 0) is 60.1 Å². The average Bonchev–Trinajstić information content (AvgIpc) is 2.72. The first-order valence-corrected chi connectivity index (χ1v) is 10.1. The monoisotopic (exact) mass is 445 g/mol. The van der Waals surface area contributed by atoms with Gasteiger partial charge in [0.25, 0.3) is 5.56 Å². The molecule has 156 valence electrons. The summed E-state index contributed by atoms with van der Waals surface area (Å²) in [5, 5.41) is 14.9. The number of nitrogens with one attached hydrogen (secondary N) is 2. The molecule has 0 aliphatic carbocycles. The Labute approximate surface area is 182 Å². The summed E-state index contributed by atoms with van der Waals surface area (Å²) < 4.78 is 12.3. The summed E-state index contributed by atoms with van der Waals surface area (Å²) in [6, 6.07) is 10.0. The number of aromatic amines is 1. The van der Waals surface area contributed by atoms with Gasteiger partial charge in [-0.1, -0.05) is 17.7 Å². The third-order valence-electron chi connectivity index (χ3n) is 5.18. The molecule has 0 unspecified atom stereocenters. The number of benzene rings is 2. The van der Waals surface area contributed by atoms with Crippen molar-refractivity contribution in [2.75, 3.05) is 20.8 Å². The van der Waals surface area contributed by atoms with Crippen LogP contribution < -0.4 is 20.3 Å². The molecule has 0 radical (unpaired) electrons. The Hall–Kier alpha value is -2.81. The fourth-order valence-electron chi connectivity index (χ4n) is 3.79. The summed E-state index contributed by atoms with van der Waals surface area (Å²) in [7, 11) is 3.13. The highest BCUT2D eigenvalue weighted by atomic mass is 35.5. The van der Waals surface area contributed by atoms with Crippen LogP contribution in [0.3, 0.4) is 0 Å². The zero-order chi connectivity index (χ0) is 21.4. The van der Waals surface area contributed by atoms with Gasteiger partial charge in [0.15, 0.2) is 16.3 Å². The second-order valence-electron chi connectivity index (χ2n) is 6.85. The molecule has 0 saturated heterocycles. The van der Waals surface area contributed by atoms with E-state index >= 15 is 0 Å². The minimum Gasteiger partial charge on any atom is -0.494 e. The molecule has 0 bridgehead atoms. The number of aromatic hydroxyl groups is 1. The SMILES string of the molecule is COc1cc2c(cc1OC)[C@H](c1c(O)n(-c3cccc(Cl)c3)c(=S)[nH]c1=O)NCC2. The molecule has 1 atom stereocenters. The van der Waals surface area contributed by atoms with E-state index in [-0.39, 0.29) is 16.2 Å². The molecule has 2 heterocycles. The Morgan fingerprint density at radius 1 is 1.20 bits per heavy atom. The fraction of sp³-hybridized carbons (Fsp3) is 0.238. The summed E-state index contributed by atoms with van der Waals surface area (Å²) in [4.78, 5) is 15.5. The van der Waals surface area contributed by atoms with Gasteiger partial charge in [0.2, 0.25) is 5.88 Å². The molecule has 1 aliphatic heterocycles. The van der Waals surface area contributed by atoms with Gasteiger partial charge in [-0.2, -0.15) is 0 Å². The molecule has 1 aliphatic rings. The van der Waals surface area contributed by atoms with Crippen LogP contribution in [0, 0.1) is 4.77 Å². The van der Waals surface area contributed by atoms with E-state index in [1.165, 1.54) is 4.57 Å². The summed E-state index contributed by atoms with van der Waals surface area (Å²) in [6.45, 7) is 0.624. The lowest BCUT2D eigenvalue weighted by Crippen LogP contribution is -2.35. The number of methoxy groups -OCH3 is 2. The summed E-state index contributed by atoms with van der Waals surface area (Å²) in [5.41, 5.74) is 2.08. The highest BCUT2D eigenvalue weighted by molar-refractivity contribution is 7.71. The number of hydrogen-bond donors (Lipinski definition) is 3. The van der Waals surface area contributed by atoms with Gasteiger partial charge in [0, 0.05) is 11.6 Å². The molecule has 1 aromatic heterocycles. The van der Waals surface area contributed by atoms with Crippen molar-refractivity contribution in [1.29, 1.82) is 0 Å². The van der Waals surface area contributed by atoms with Crippen molar-refractivity contribution in [3.05, 3.63) is 73.2 Å². The second-order valence-corrected chi connectivity index (χ2v) is 7.68. The molecule has 4 rings (SSSR count). The van der Waals surface area contributed by atoms with E-state index in [0.29, 0.717) is 28.8 Å². The minimum absolute atomic E-state index is 0.0758. The summed E-state index contributed by atoms with van der Waals surface area (Å²) >= 11 is 11.4. The number of H-pyrrole nitrogens is 1. The van der Waals surface area contributed by atoms with Crippen LogP contribution in [-0.2, 0) is 6.42 Å². The predicted octanol–water partition coefficient (Wildman–Crippen LogP) is 3.51. The van der Waals surface area contributed by atoms with Gasteiger partial charge in [0.05, 0.1) is 31.5 Å². The molecular formula is C21H20ClN3O4S. The van der Waals surface area contributed by atoms with E-state index in [4.69, 9.17) is 33.3 Å². The molecule has 30 heavy (non-hydrogen) atoms. The molecule has 3 N–H and O–H groups in total. The van der Waals surface area contributed by atoms with E-state index < -0.39 is 11.6 Å². The van der Waals surface area contributed by atoms with Crippen molar-refractivity contribution in [3.8, 4) is 23.1 Å². The van der Waals surface area contributed by atoms with E-state index in [0.717, 1.165) is 17.5 Å². The van der Waals surface area contributed by atoms with Crippen LogP contribution >= 0.6 is 23.8 Å². The van der Waals surface area contributed by atoms with Gasteiger partial charge >= 0.3 is 0 Å². The van der Waals surface area contributed by atoms with E-state index in [2.05, 4.69) is 10.3 Å². The molecule has 0 spiro atoms. The first-order valence-electron chi connectivity index (χ1n) is 9.27. The predicted molar refractivity (Wildman–Crippen MR) is 117 cm³/mol. The number of halogens is 1. The van der Waals surface area contributed by atoms with Crippen molar-refractivity contribution in [2.45, 2.75) is 12.5 Å².